The lowest BCUT2D eigenvalue weighted by Crippen LogP contribution is -1.86. The van der Waals surface area contributed by atoms with Crippen LogP contribution in [0.15, 0.2) is 34.7 Å². The summed E-state index contributed by atoms with van der Waals surface area (Å²) < 4.78 is 5.63. The summed E-state index contributed by atoms with van der Waals surface area (Å²) in [5.41, 5.74) is 9.19. The van der Waals surface area contributed by atoms with Crippen molar-refractivity contribution in [2.24, 2.45) is 0 Å². The third kappa shape index (κ3) is 1.91. The van der Waals surface area contributed by atoms with Crippen LogP contribution < -0.4 is 5.73 Å². The number of aryl methyl sites for hydroxylation is 1. The lowest BCUT2D eigenvalue weighted by atomic mass is 10.2. The summed E-state index contributed by atoms with van der Waals surface area (Å²) in [7, 11) is 0. The summed E-state index contributed by atoms with van der Waals surface area (Å²) in [6, 6.07) is 8.93. The van der Waals surface area contributed by atoms with Gasteiger partial charge < -0.3 is 10.2 Å². The first kappa shape index (κ1) is 11.0. The molecule has 0 aliphatic rings. The first-order chi connectivity index (χ1) is 8.61. The first-order valence-electron chi connectivity index (χ1n) is 5.42. The van der Waals surface area contributed by atoms with Gasteiger partial charge >= 0.3 is 0 Å². The zero-order chi connectivity index (χ0) is 12.7. The van der Waals surface area contributed by atoms with Crippen LogP contribution in [0.1, 0.15) is 5.69 Å². The number of pyridine rings is 1. The molecule has 3 aromatic rings. The van der Waals surface area contributed by atoms with Gasteiger partial charge in [-0.1, -0.05) is 11.6 Å². The van der Waals surface area contributed by atoms with Crippen LogP contribution in [0.2, 0.25) is 5.02 Å². The molecule has 0 fully saturated rings. The Morgan fingerprint density at radius 2 is 2.00 bits per heavy atom. The topological polar surface area (TPSA) is 64.9 Å². The molecule has 4 nitrogen and oxygen atoms in total. The van der Waals surface area contributed by atoms with Crippen molar-refractivity contribution in [1.29, 1.82) is 0 Å². The summed E-state index contributed by atoms with van der Waals surface area (Å²) in [4.78, 5) is 8.63. The highest BCUT2D eigenvalue weighted by molar-refractivity contribution is 6.31. The van der Waals surface area contributed by atoms with Gasteiger partial charge in [0.05, 0.1) is 0 Å². The molecule has 90 valence electrons. The van der Waals surface area contributed by atoms with Crippen LogP contribution in [0.4, 0.5) is 5.69 Å². The maximum Gasteiger partial charge on any atom is 0.229 e. The number of halogens is 1. The molecule has 0 aliphatic carbocycles. The molecule has 0 aliphatic heterocycles. The standard InChI is InChI=1S/C13H10ClN3O/c1-7-2-3-11-12(16-7)17-13(18-11)8-4-9(14)6-10(15)5-8/h2-6H,15H2,1H3. The fourth-order valence-corrected chi connectivity index (χ4v) is 2.02. The smallest absolute Gasteiger partial charge is 0.229 e. The third-order valence-electron chi connectivity index (χ3n) is 2.56. The normalized spacial score (nSPS) is 11.0. The lowest BCUT2D eigenvalue weighted by molar-refractivity contribution is 0.619. The molecule has 0 spiro atoms. The molecule has 0 atom stereocenters. The van der Waals surface area contributed by atoms with E-state index < -0.39 is 0 Å². The van der Waals surface area contributed by atoms with E-state index in [0.29, 0.717) is 27.8 Å². The van der Waals surface area contributed by atoms with E-state index in [4.69, 9.17) is 21.8 Å². The van der Waals surface area contributed by atoms with Crippen molar-refractivity contribution in [2.75, 3.05) is 5.73 Å². The van der Waals surface area contributed by atoms with Gasteiger partial charge in [0.1, 0.15) is 0 Å². The average Bonchev–Trinajstić information content (AvgIpc) is 2.70. The summed E-state index contributed by atoms with van der Waals surface area (Å²) in [5, 5.41) is 0.552. The van der Waals surface area contributed by atoms with Crippen LogP contribution in [0.25, 0.3) is 22.7 Å². The second-order valence-corrected chi connectivity index (χ2v) is 4.50. The molecule has 0 radical (unpaired) electrons. The Balaban J connectivity index is 2.19. The molecule has 0 saturated carbocycles. The largest absolute Gasteiger partial charge is 0.434 e. The number of oxazole rings is 1. The molecule has 2 heterocycles. The number of nitrogens with zero attached hydrogens (tertiary/aromatic N) is 2. The SMILES string of the molecule is Cc1ccc2oc(-c3cc(N)cc(Cl)c3)nc2n1. The number of fused-ring (bicyclic) bond motifs is 1. The number of hydrogen-bond donors (Lipinski definition) is 1. The van der Waals surface area contributed by atoms with Crippen LogP contribution in [0, 0.1) is 6.92 Å². The Kier molecular flexibility index (Phi) is 2.45. The molecule has 3 rings (SSSR count). The predicted molar refractivity (Wildman–Crippen MR) is 71.4 cm³/mol. The zero-order valence-corrected chi connectivity index (χ0v) is 10.4. The Morgan fingerprint density at radius 3 is 2.78 bits per heavy atom. The van der Waals surface area contributed by atoms with Crippen molar-refractivity contribution in [2.45, 2.75) is 6.92 Å². The highest BCUT2D eigenvalue weighted by Gasteiger charge is 2.10. The van der Waals surface area contributed by atoms with Gasteiger partial charge in [0.25, 0.3) is 0 Å². The number of benzene rings is 1. The maximum atomic E-state index is 5.96. The summed E-state index contributed by atoms with van der Waals surface area (Å²) in [6.45, 7) is 1.91. The van der Waals surface area contributed by atoms with Crippen LogP contribution >= 0.6 is 11.6 Å². The van der Waals surface area contributed by atoms with Crippen molar-refractivity contribution in [1.82, 2.24) is 9.97 Å². The van der Waals surface area contributed by atoms with E-state index in [0.717, 1.165) is 11.3 Å². The Morgan fingerprint density at radius 1 is 1.17 bits per heavy atom. The molecular formula is C13H10ClN3O. The molecule has 5 heteroatoms. The van der Waals surface area contributed by atoms with E-state index in [1.807, 2.05) is 19.1 Å². The first-order valence-corrected chi connectivity index (χ1v) is 5.80. The minimum absolute atomic E-state index is 0.470. The van der Waals surface area contributed by atoms with Gasteiger partial charge in [0.15, 0.2) is 11.2 Å². The van der Waals surface area contributed by atoms with Gasteiger partial charge in [-0.05, 0) is 37.3 Å². The molecular weight excluding hydrogens is 250 g/mol. The highest BCUT2D eigenvalue weighted by atomic mass is 35.5. The van der Waals surface area contributed by atoms with E-state index in [1.54, 1.807) is 18.2 Å². The molecule has 1 aromatic carbocycles. The molecule has 2 aromatic heterocycles. The summed E-state index contributed by atoms with van der Waals surface area (Å²) >= 11 is 5.96. The van der Waals surface area contributed by atoms with Crippen molar-refractivity contribution < 1.29 is 4.42 Å². The van der Waals surface area contributed by atoms with Gasteiger partial charge in [0.2, 0.25) is 5.89 Å². The van der Waals surface area contributed by atoms with Crippen LogP contribution in [-0.2, 0) is 0 Å². The van der Waals surface area contributed by atoms with E-state index in [1.165, 1.54) is 0 Å². The fourth-order valence-electron chi connectivity index (χ4n) is 1.77. The highest BCUT2D eigenvalue weighted by Crippen LogP contribution is 2.27. The quantitative estimate of drug-likeness (QED) is 0.680. The van der Waals surface area contributed by atoms with Gasteiger partial charge in [-0.3, -0.25) is 0 Å². The van der Waals surface area contributed by atoms with Crippen LogP contribution in [-0.4, -0.2) is 9.97 Å². The van der Waals surface area contributed by atoms with Crippen LogP contribution in [0.3, 0.4) is 0 Å². The second kappa shape index (κ2) is 3.99. The van der Waals surface area contributed by atoms with Gasteiger partial charge in [-0.15, -0.1) is 0 Å². The Bertz CT molecular complexity index is 716. The number of aromatic nitrogens is 2. The lowest BCUT2D eigenvalue weighted by Gasteiger charge is -1.98. The molecule has 2 N–H and O–H groups in total. The van der Waals surface area contributed by atoms with Crippen molar-refractivity contribution in [3.05, 3.63) is 41.0 Å². The van der Waals surface area contributed by atoms with Crippen molar-refractivity contribution in [3.8, 4) is 11.5 Å². The van der Waals surface area contributed by atoms with Crippen LogP contribution in [0.5, 0.6) is 0 Å². The minimum Gasteiger partial charge on any atom is -0.434 e. The predicted octanol–water partition coefficient (Wildman–Crippen LogP) is 3.43. The molecule has 18 heavy (non-hydrogen) atoms. The Hall–Kier alpha value is -2.07. The van der Waals surface area contributed by atoms with Crippen molar-refractivity contribution in [3.63, 3.8) is 0 Å². The molecule has 0 bridgehead atoms. The third-order valence-corrected chi connectivity index (χ3v) is 2.78. The molecule has 0 amide bonds. The second-order valence-electron chi connectivity index (χ2n) is 4.07. The van der Waals surface area contributed by atoms with Gasteiger partial charge in [0, 0.05) is 22.0 Å². The van der Waals surface area contributed by atoms with E-state index >= 15 is 0 Å². The number of rotatable bonds is 1. The van der Waals surface area contributed by atoms with Gasteiger partial charge in [-0.2, -0.15) is 4.98 Å². The molecule has 0 saturated heterocycles. The van der Waals surface area contributed by atoms with E-state index in [9.17, 15) is 0 Å². The minimum atomic E-state index is 0.470. The van der Waals surface area contributed by atoms with Crippen molar-refractivity contribution >= 4 is 28.5 Å². The number of anilines is 1. The number of nitrogens with two attached hydrogens (primary N) is 1. The zero-order valence-electron chi connectivity index (χ0n) is 9.64. The van der Waals surface area contributed by atoms with E-state index in [2.05, 4.69) is 9.97 Å². The number of hydrogen-bond acceptors (Lipinski definition) is 4. The van der Waals surface area contributed by atoms with E-state index in [-0.39, 0.29) is 0 Å². The summed E-state index contributed by atoms with van der Waals surface area (Å²) in [6.07, 6.45) is 0. The van der Waals surface area contributed by atoms with Gasteiger partial charge in [-0.25, -0.2) is 4.98 Å². The monoisotopic (exact) mass is 259 g/mol. The average molecular weight is 260 g/mol. The fraction of sp³-hybridized carbons (Fsp3) is 0.0769. The summed E-state index contributed by atoms with van der Waals surface area (Å²) in [5.74, 6) is 0.470. The maximum absolute atomic E-state index is 5.96. The number of nitrogen functional groups attached to an aromatic ring is 1. The Labute approximate surface area is 108 Å². The molecule has 0 unspecified atom stereocenters.